The number of hydrogen-bond acceptors (Lipinski definition) is 8. The Balaban J connectivity index is 2.13. The van der Waals surface area contributed by atoms with Gasteiger partial charge in [0.15, 0.2) is 5.92 Å². The predicted octanol–water partition coefficient (Wildman–Crippen LogP) is 3.51. The number of ether oxygens (including phenoxy) is 2. The van der Waals surface area contributed by atoms with Gasteiger partial charge in [0, 0.05) is 11.4 Å². The maximum absolute atomic E-state index is 12.3. The van der Waals surface area contributed by atoms with Crippen molar-refractivity contribution in [2.24, 2.45) is 0 Å². The zero-order chi connectivity index (χ0) is 22.3. The van der Waals surface area contributed by atoms with Crippen LogP contribution in [0.3, 0.4) is 0 Å². The van der Waals surface area contributed by atoms with Crippen LogP contribution in [0.25, 0.3) is 0 Å². The molecule has 1 aromatic carbocycles. The number of hydroxylamine groups is 2. The summed E-state index contributed by atoms with van der Waals surface area (Å²) in [6.07, 6.45) is 0.751. The molecule has 0 saturated carbocycles. The first-order valence-electron chi connectivity index (χ1n) is 10.0. The van der Waals surface area contributed by atoms with E-state index in [1.54, 1.807) is 31.0 Å². The van der Waals surface area contributed by atoms with Crippen LogP contribution >= 0.6 is 11.8 Å². The van der Waals surface area contributed by atoms with E-state index >= 15 is 0 Å². The second-order valence-corrected chi connectivity index (χ2v) is 8.97. The summed E-state index contributed by atoms with van der Waals surface area (Å²) in [5.41, 5.74) is 0.583. The van der Waals surface area contributed by atoms with Crippen LogP contribution in [0, 0.1) is 0 Å². The zero-order valence-corrected chi connectivity index (χ0v) is 18.9. The molecule has 8 heteroatoms. The van der Waals surface area contributed by atoms with E-state index < -0.39 is 23.5 Å². The molecule has 1 aliphatic rings. The third kappa shape index (κ3) is 6.36. The van der Waals surface area contributed by atoms with E-state index in [-0.39, 0.29) is 18.5 Å². The monoisotopic (exact) mass is 435 g/mol. The van der Waals surface area contributed by atoms with Crippen molar-refractivity contribution in [2.45, 2.75) is 62.7 Å². The Labute approximate surface area is 181 Å². The summed E-state index contributed by atoms with van der Waals surface area (Å²) in [6.45, 7) is 10.1. The number of carbonyl (C=O) groups is 2. The summed E-state index contributed by atoms with van der Waals surface area (Å²) in [5, 5.41) is 1.54. The molecule has 1 fully saturated rings. The summed E-state index contributed by atoms with van der Waals surface area (Å²) in [5.74, 6) is -0.358. The summed E-state index contributed by atoms with van der Waals surface area (Å²) in [6, 6.07) is 7.06. The van der Waals surface area contributed by atoms with Gasteiger partial charge in [-0.2, -0.15) is 0 Å². The Hall–Kier alpha value is -2.28. The Morgan fingerprint density at radius 3 is 2.17 bits per heavy atom. The van der Waals surface area contributed by atoms with Crippen molar-refractivity contribution in [1.29, 1.82) is 0 Å². The average molecular weight is 436 g/mol. The van der Waals surface area contributed by atoms with Gasteiger partial charge in [-0.15, -0.1) is 11.8 Å². The lowest BCUT2D eigenvalue weighted by molar-refractivity contribution is -0.197. The van der Waals surface area contributed by atoms with Crippen LogP contribution in [0.15, 0.2) is 34.9 Å². The molecular weight excluding hydrogens is 406 g/mol. The molecule has 0 radical (unpaired) electrons. The fourth-order valence-corrected chi connectivity index (χ4v) is 4.15. The number of hydrogen-bond donors (Lipinski definition) is 0. The van der Waals surface area contributed by atoms with Crippen LogP contribution in [-0.4, -0.2) is 53.6 Å². The van der Waals surface area contributed by atoms with Gasteiger partial charge in [0.1, 0.15) is 11.6 Å². The molecular formula is C22H29NO6S. The fourth-order valence-electron chi connectivity index (χ4n) is 3.03. The van der Waals surface area contributed by atoms with Crippen molar-refractivity contribution >= 4 is 29.6 Å². The highest BCUT2D eigenvalue weighted by atomic mass is 32.2. The van der Waals surface area contributed by atoms with E-state index in [0.717, 1.165) is 11.3 Å². The minimum atomic E-state index is -1.11. The summed E-state index contributed by atoms with van der Waals surface area (Å²) >= 11 is 1.52. The summed E-state index contributed by atoms with van der Waals surface area (Å²) < 4.78 is 10.1. The molecule has 0 spiro atoms. The molecule has 0 unspecified atom stereocenters. The quantitative estimate of drug-likeness (QED) is 0.349. The highest BCUT2D eigenvalue weighted by Gasteiger charge is 2.34. The minimum Gasteiger partial charge on any atom is -0.465 e. The van der Waals surface area contributed by atoms with E-state index in [2.05, 4.69) is 0 Å². The average Bonchev–Trinajstić information content (AvgIpc) is 3.03. The van der Waals surface area contributed by atoms with Gasteiger partial charge >= 0.3 is 11.9 Å². The van der Waals surface area contributed by atoms with Gasteiger partial charge in [-0.25, -0.2) is 9.86 Å². The predicted molar refractivity (Wildman–Crippen MR) is 113 cm³/mol. The molecule has 2 rings (SSSR count). The fraction of sp³-hybridized carbons (Fsp3) is 0.545. The number of thioether (sulfide) groups is 1. The molecule has 0 aromatic heterocycles. The number of esters is 2. The molecule has 1 aromatic rings. The van der Waals surface area contributed by atoms with E-state index in [0.29, 0.717) is 17.8 Å². The van der Waals surface area contributed by atoms with E-state index in [1.165, 1.54) is 11.8 Å². The Kier molecular flexibility index (Phi) is 8.53. The lowest BCUT2D eigenvalue weighted by atomic mass is 9.99. The van der Waals surface area contributed by atoms with Gasteiger partial charge in [0.05, 0.1) is 24.1 Å². The zero-order valence-electron chi connectivity index (χ0n) is 18.1. The van der Waals surface area contributed by atoms with E-state index in [9.17, 15) is 14.4 Å². The van der Waals surface area contributed by atoms with Crippen molar-refractivity contribution in [3.05, 3.63) is 35.5 Å². The number of rotatable bonds is 8. The molecule has 0 N–H and O–H groups in total. The van der Waals surface area contributed by atoms with Crippen molar-refractivity contribution < 1.29 is 28.7 Å². The topological polar surface area (TPSA) is 82.1 Å². The molecule has 7 nitrogen and oxygen atoms in total. The first-order valence-corrected chi connectivity index (χ1v) is 10.9. The largest absolute Gasteiger partial charge is 0.465 e. The summed E-state index contributed by atoms with van der Waals surface area (Å²) in [4.78, 5) is 42.8. The Morgan fingerprint density at radius 2 is 1.70 bits per heavy atom. The maximum atomic E-state index is 12.3. The second kappa shape index (κ2) is 10.7. The molecule has 0 aliphatic carbocycles. The third-order valence-corrected chi connectivity index (χ3v) is 5.48. The molecule has 1 saturated heterocycles. The Morgan fingerprint density at radius 1 is 1.13 bits per heavy atom. The molecule has 30 heavy (non-hydrogen) atoms. The SMILES string of the molecule is CCOC(=O)C(C(=O)OCC)c1ccc(S[C@H]2CCN(OC(C)(C)C)C2=C=O)cc1. The van der Waals surface area contributed by atoms with Gasteiger partial charge in [-0.3, -0.25) is 14.4 Å². The van der Waals surface area contributed by atoms with Gasteiger partial charge in [-0.1, -0.05) is 12.1 Å². The normalized spacial score (nSPS) is 16.5. The van der Waals surface area contributed by atoms with Crippen molar-refractivity contribution in [2.75, 3.05) is 19.8 Å². The first kappa shape index (κ1) is 24.0. The second-order valence-electron chi connectivity index (χ2n) is 7.69. The molecule has 0 amide bonds. The molecule has 1 atom stereocenters. The van der Waals surface area contributed by atoms with Crippen LogP contribution in [0.2, 0.25) is 0 Å². The molecule has 164 valence electrons. The lowest BCUT2D eigenvalue weighted by Gasteiger charge is -2.27. The molecule has 1 aliphatic heterocycles. The highest BCUT2D eigenvalue weighted by molar-refractivity contribution is 8.00. The van der Waals surface area contributed by atoms with Crippen molar-refractivity contribution in [1.82, 2.24) is 5.06 Å². The van der Waals surface area contributed by atoms with Gasteiger partial charge in [0.2, 0.25) is 0 Å². The van der Waals surface area contributed by atoms with E-state index in [4.69, 9.17) is 14.3 Å². The van der Waals surface area contributed by atoms with Gasteiger partial charge in [-0.05, 0) is 58.7 Å². The number of nitrogens with zero attached hydrogens (tertiary/aromatic N) is 1. The number of carbonyl (C=O) groups excluding carboxylic acids is 3. The van der Waals surface area contributed by atoms with Crippen LogP contribution < -0.4 is 0 Å². The highest BCUT2D eigenvalue weighted by Crippen LogP contribution is 2.37. The number of benzene rings is 1. The van der Waals surface area contributed by atoms with Gasteiger partial charge in [0.25, 0.3) is 0 Å². The first-order chi connectivity index (χ1) is 14.2. The van der Waals surface area contributed by atoms with Crippen molar-refractivity contribution in [3.8, 4) is 0 Å². The Bertz CT molecular complexity index is 777. The molecule has 0 bridgehead atoms. The summed E-state index contributed by atoms with van der Waals surface area (Å²) in [7, 11) is 0. The van der Waals surface area contributed by atoms with Crippen LogP contribution in [0.1, 0.15) is 52.5 Å². The minimum absolute atomic E-state index is 0.0818. The molecule has 1 heterocycles. The maximum Gasteiger partial charge on any atom is 0.324 e. The third-order valence-electron chi connectivity index (χ3n) is 4.19. The van der Waals surface area contributed by atoms with Crippen LogP contribution in [-0.2, 0) is 28.7 Å². The van der Waals surface area contributed by atoms with Crippen LogP contribution in [0.5, 0.6) is 0 Å². The lowest BCUT2D eigenvalue weighted by Crippen LogP contribution is -2.31. The van der Waals surface area contributed by atoms with Crippen molar-refractivity contribution in [3.63, 3.8) is 0 Å². The van der Waals surface area contributed by atoms with E-state index in [1.807, 2.05) is 38.8 Å². The van der Waals surface area contributed by atoms with Gasteiger partial charge < -0.3 is 9.47 Å². The standard InChI is InChI=1S/C22H29NO6S/c1-6-27-20(25)19(21(26)28-7-2)15-8-10-16(11-9-15)30-18-12-13-23(17(18)14-24)29-22(3,4)5/h8-11,18-19H,6-7,12-13H2,1-5H3/t18-/m0/s1. The van der Waals surface area contributed by atoms with Crippen LogP contribution in [0.4, 0.5) is 0 Å². The smallest absolute Gasteiger partial charge is 0.324 e.